The summed E-state index contributed by atoms with van der Waals surface area (Å²) in [5, 5.41) is 13.6. The molecule has 0 aliphatic carbocycles. The Morgan fingerprint density at radius 3 is 2.88 bits per heavy atom. The molecule has 0 radical (unpaired) electrons. The van der Waals surface area contributed by atoms with Crippen LogP contribution in [-0.2, 0) is 0 Å². The van der Waals surface area contributed by atoms with E-state index in [1.54, 1.807) is 10.7 Å². The molecule has 0 atom stereocenters. The number of fused-ring (bicyclic) bond motifs is 1. The lowest BCUT2D eigenvalue weighted by Crippen LogP contribution is -2.36. The summed E-state index contributed by atoms with van der Waals surface area (Å²) in [7, 11) is 0. The van der Waals surface area contributed by atoms with E-state index in [1.165, 1.54) is 0 Å². The van der Waals surface area contributed by atoms with Gasteiger partial charge in [0, 0.05) is 25.4 Å². The van der Waals surface area contributed by atoms with Crippen LogP contribution in [0.3, 0.4) is 0 Å². The number of aliphatic hydroxyl groups is 1. The van der Waals surface area contributed by atoms with E-state index in [4.69, 9.17) is 0 Å². The Morgan fingerprint density at radius 2 is 2.06 bits per heavy atom. The molecule has 1 N–H and O–H groups in total. The van der Waals surface area contributed by atoms with E-state index in [0.717, 1.165) is 37.4 Å². The van der Waals surface area contributed by atoms with Crippen molar-refractivity contribution in [1.82, 2.24) is 14.6 Å². The van der Waals surface area contributed by atoms with Gasteiger partial charge in [0.1, 0.15) is 5.82 Å². The molecule has 5 nitrogen and oxygen atoms in total. The molecule has 0 aromatic carbocycles. The minimum Gasteiger partial charge on any atom is -0.393 e. The third-order valence-corrected chi connectivity index (χ3v) is 3.03. The van der Waals surface area contributed by atoms with Gasteiger partial charge >= 0.3 is 0 Å². The maximum atomic E-state index is 9.45. The molecule has 84 valence electrons. The van der Waals surface area contributed by atoms with Gasteiger partial charge < -0.3 is 10.0 Å². The molecule has 2 aromatic rings. The summed E-state index contributed by atoms with van der Waals surface area (Å²) in [6.45, 7) is 1.75. The fourth-order valence-corrected chi connectivity index (χ4v) is 2.07. The highest BCUT2D eigenvalue weighted by Gasteiger charge is 2.18. The van der Waals surface area contributed by atoms with Crippen LogP contribution in [0.25, 0.3) is 5.65 Å². The molecule has 0 saturated carbocycles. The first-order valence-corrected chi connectivity index (χ1v) is 5.56. The van der Waals surface area contributed by atoms with Gasteiger partial charge in [-0.1, -0.05) is 0 Å². The van der Waals surface area contributed by atoms with Crippen LogP contribution in [0.5, 0.6) is 0 Å². The van der Waals surface area contributed by atoms with Crippen LogP contribution in [0.15, 0.2) is 24.5 Å². The molecule has 5 heteroatoms. The SMILES string of the molecule is OC1CCN(c2ccn3nccc3n2)CC1. The molecule has 3 heterocycles. The lowest BCUT2D eigenvalue weighted by Gasteiger charge is -2.30. The molecule has 2 aromatic heterocycles. The smallest absolute Gasteiger partial charge is 0.157 e. The number of rotatable bonds is 1. The lowest BCUT2D eigenvalue weighted by atomic mass is 10.1. The molecular formula is C11H14N4O. The van der Waals surface area contributed by atoms with Crippen molar-refractivity contribution in [2.45, 2.75) is 18.9 Å². The average molecular weight is 218 g/mol. The van der Waals surface area contributed by atoms with Crippen molar-refractivity contribution in [3.05, 3.63) is 24.5 Å². The lowest BCUT2D eigenvalue weighted by molar-refractivity contribution is 0.145. The Balaban J connectivity index is 1.87. The molecule has 1 saturated heterocycles. The minimum absolute atomic E-state index is 0.144. The first-order valence-electron chi connectivity index (χ1n) is 5.56. The molecule has 0 bridgehead atoms. The zero-order valence-electron chi connectivity index (χ0n) is 8.95. The molecule has 1 aliphatic rings. The van der Waals surface area contributed by atoms with Gasteiger partial charge in [-0.2, -0.15) is 5.10 Å². The first-order chi connectivity index (χ1) is 7.83. The Hall–Kier alpha value is -1.62. The van der Waals surface area contributed by atoms with Crippen LogP contribution in [-0.4, -0.2) is 38.9 Å². The third kappa shape index (κ3) is 1.63. The Morgan fingerprint density at radius 1 is 1.25 bits per heavy atom. The van der Waals surface area contributed by atoms with Crippen LogP contribution in [0.4, 0.5) is 5.82 Å². The van der Waals surface area contributed by atoms with Crippen molar-refractivity contribution in [2.75, 3.05) is 18.0 Å². The zero-order chi connectivity index (χ0) is 11.0. The van der Waals surface area contributed by atoms with Crippen molar-refractivity contribution in [3.8, 4) is 0 Å². The monoisotopic (exact) mass is 218 g/mol. The van der Waals surface area contributed by atoms with Gasteiger partial charge in [-0.25, -0.2) is 9.50 Å². The largest absolute Gasteiger partial charge is 0.393 e. The Kier molecular flexibility index (Phi) is 2.25. The predicted molar refractivity (Wildman–Crippen MR) is 60.4 cm³/mol. The summed E-state index contributed by atoms with van der Waals surface area (Å²) in [4.78, 5) is 6.74. The number of aliphatic hydroxyl groups excluding tert-OH is 1. The Bertz CT molecular complexity index is 487. The van der Waals surface area contributed by atoms with E-state index < -0.39 is 0 Å². The molecule has 0 amide bonds. The Labute approximate surface area is 93.3 Å². The van der Waals surface area contributed by atoms with Crippen molar-refractivity contribution >= 4 is 11.5 Å². The van der Waals surface area contributed by atoms with E-state index >= 15 is 0 Å². The standard InChI is InChI=1S/C11H14N4O/c16-9-2-6-14(7-3-9)10-4-8-15-11(13-10)1-5-12-15/h1,4-5,8-9,16H,2-3,6-7H2. The summed E-state index contributed by atoms with van der Waals surface area (Å²) in [5.41, 5.74) is 0.864. The summed E-state index contributed by atoms with van der Waals surface area (Å²) >= 11 is 0. The van der Waals surface area contributed by atoms with Crippen LogP contribution in [0, 0.1) is 0 Å². The number of hydrogen-bond donors (Lipinski definition) is 1. The van der Waals surface area contributed by atoms with Gasteiger partial charge in [0.05, 0.1) is 12.3 Å². The molecule has 1 aliphatic heterocycles. The number of hydrogen-bond acceptors (Lipinski definition) is 4. The molecule has 16 heavy (non-hydrogen) atoms. The van der Waals surface area contributed by atoms with Gasteiger partial charge in [-0.3, -0.25) is 0 Å². The summed E-state index contributed by atoms with van der Waals surface area (Å²) < 4.78 is 1.75. The van der Waals surface area contributed by atoms with Crippen molar-refractivity contribution in [2.24, 2.45) is 0 Å². The summed E-state index contributed by atoms with van der Waals surface area (Å²) in [6, 6.07) is 3.86. The normalized spacial score (nSPS) is 18.2. The van der Waals surface area contributed by atoms with E-state index in [0.29, 0.717) is 0 Å². The fraction of sp³-hybridized carbons (Fsp3) is 0.455. The van der Waals surface area contributed by atoms with Crippen LogP contribution in [0.1, 0.15) is 12.8 Å². The van der Waals surface area contributed by atoms with Crippen molar-refractivity contribution < 1.29 is 5.11 Å². The van der Waals surface area contributed by atoms with Crippen LogP contribution in [0.2, 0.25) is 0 Å². The second-order valence-corrected chi connectivity index (χ2v) is 4.14. The average Bonchev–Trinajstić information content (AvgIpc) is 2.77. The molecule has 1 fully saturated rings. The third-order valence-electron chi connectivity index (χ3n) is 3.03. The number of anilines is 1. The van der Waals surface area contributed by atoms with E-state index in [9.17, 15) is 5.11 Å². The van der Waals surface area contributed by atoms with E-state index in [-0.39, 0.29) is 6.10 Å². The second kappa shape index (κ2) is 3.75. The van der Waals surface area contributed by atoms with Crippen LogP contribution >= 0.6 is 0 Å². The van der Waals surface area contributed by atoms with Crippen molar-refractivity contribution in [3.63, 3.8) is 0 Å². The number of piperidine rings is 1. The number of nitrogens with zero attached hydrogens (tertiary/aromatic N) is 4. The maximum absolute atomic E-state index is 9.45. The molecule has 0 spiro atoms. The highest BCUT2D eigenvalue weighted by Crippen LogP contribution is 2.18. The predicted octanol–water partition coefficient (Wildman–Crippen LogP) is 0.690. The second-order valence-electron chi connectivity index (χ2n) is 4.14. The minimum atomic E-state index is -0.144. The summed E-state index contributed by atoms with van der Waals surface area (Å²) in [5.74, 6) is 0.972. The van der Waals surface area contributed by atoms with E-state index in [1.807, 2.05) is 18.3 Å². The topological polar surface area (TPSA) is 53.7 Å². The fourth-order valence-electron chi connectivity index (χ4n) is 2.07. The van der Waals surface area contributed by atoms with Gasteiger partial charge in [-0.05, 0) is 18.9 Å². The first kappa shape index (κ1) is 9.59. The van der Waals surface area contributed by atoms with E-state index in [2.05, 4.69) is 15.0 Å². The highest BCUT2D eigenvalue weighted by atomic mass is 16.3. The molecule has 3 rings (SSSR count). The van der Waals surface area contributed by atoms with Crippen LogP contribution < -0.4 is 4.90 Å². The van der Waals surface area contributed by atoms with Gasteiger partial charge in [0.25, 0.3) is 0 Å². The van der Waals surface area contributed by atoms with Gasteiger partial charge in [0.2, 0.25) is 0 Å². The molecular weight excluding hydrogens is 204 g/mol. The number of aromatic nitrogens is 3. The zero-order valence-corrected chi connectivity index (χ0v) is 8.95. The van der Waals surface area contributed by atoms with Gasteiger partial charge in [0.15, 0.2) is 5.65 Å². The molecule has 0 unspecified atom stereocenters. The quantitative estimate of drug-likeness (QED) is 0.765. The van der Waals surface area contributed by atoms with Crippen molar-refractivity contribution in [1.29, 1.82) is 0 Å². The highest BCUT2D eigenvalue weighted by molar-refractivity contribution is 5.47. The maximum Gasteiger partial charge on any atom is 0.157 e. The summed E-state index contributed by atoms with van der Waals surface area (Å²) in [6.07, 6.45) is 5.17. The van der Waals surface area contributed by atoms with Gasteiger partial charge in [-0.15, -0.1) is 0 Å².